The van der Waals surface area contributed by atoms with Crippen molar-refractivity contribution in [2.75, 3.05) is 0 Å². The van der Waals surface area contributed by atoms with Gasteiger partial charge in [-0.3, -0.25) is 14.9 Å². The molecule has 0 amide bonds. The zero-order valence-corrected chi connectivity index (χ0v) is 11.9. The lowest BCUT2D eigenvalue weighted by Crippen LogP contribution is -2.04. The molecule has 6 heteroatoms. The standard InChI is InChI=1S/C16H14FNO4/c1-11(19)7-13-8-16(14(17)9-15(13)18(20)21)22-10-12-5-3-2-4-6-12/h2-6,8-9H,7,10H2,1H3. The first-order chi connectivity index (χ1) is 10.5. The molecule has 0 unspecified atom stereocenters. The van der Waals surface area contributed by atoms with Gasteiger partial charge in [0.15, 0.2) is 11.6 Å². The lowest BCUT2D eigenvalue weighted by molar-refractivity contribution is -0.385. The summed E-state index contributed by atoms with van der Waals surface area (Å²) in [6.45, 7) is 1.45. The number of benzene rings is 2. The SMILES string of the molecule is CC(=O)Cc1cc(OCc2ccccc2)c(F)cc1[N+](=O)[O-]. The van der Waals surface area contributed by atoms with Gasteiger partial charge in [0.25, 0.3) is 5.69 Å². The number of Topliss-reactive ketones (excluding diaryl/α,β-unsaturated/α-hetero) is 1. The van der Waals surface area contributed by atoms with E-state index in [0.29, 0.717) is 0 Å². The molecule has 0 fully saturated rings. The van der Waals surface area contributed by atoms with Crippen LogP contribution in [0.25, 0.3) is 0 Å². The maximum atomic E-state index is 13.9. The third-order valence-corrected chi connectivity index (χ3v) is 3.01. The molecular formula is C16H14FNO4. The van der Waals surface area contributed by atoms with Crippen molar-refractivity contribution in [1.82, 2.24) is 0 Å². The molecule has 2 aromatic rings. The van der Waals surface area contributed by atoms with Crippen molar-refractivity contribution in [3.05, 3.63) is 69.5 Å². The van der Waals surface area contributed by atoms with Crippen LogP contribution in [0.1, 0.15) is 18.1 Å². The van der Waals surface area contributed by atoms with Gasteiger partial charge in [0.1, 0.15) is 12.4 Å². The Kier molecular flexibility index (Phi) is 4.83. The van der Waals surface area contributed by atoms with E-state index < -0.39 is 16.4 Å². The van der Waals surface area contributed by atoms with Gasteiger partial charge in [0.05, 0.1) is 11.0 Å². The van der Waals surface area contributed by atoms with Gasteiger partial charge < -0.3 is 4.74 Å². The molecule has 5 nitrogen and oxygen atoms in total. The Labute approximate surface area is 126 Å². The molecular weight excluding hydrogens is 289 g/mol. The molecule has 0 aliphatic carbocycles. The monoisotopic (exact) mass is 303 g/mol. The second-order valence-corrected chi connectivity index (χ2v) is 4.82. The number of rotatable bonds is 6. The van der Waals surface area contributed by atoms with E-state index in [9.17, 15) is 19.3 Å². The van der Waals surface area contributed by atoms with Crippen LogP contribution < -0.4 is 4.74 Å². The summed E-state index contributed by atoms with van der Waals surface area (Å²) >= 11 is 0. The Bertz CT molecular complexity index is 701. The van der Waals surface area contributed by atoms with E-state index in [1.54, 1.807) is 0 Å². The predicted octanol–water partition coefficient (Wildman–Crippen LogP) is 3.44. The predicted molar refractivity (Wildman–Crippen MR) is 78.2 cm³/mol. The Hall–Kier alpha value is -2.76. The maximum Gasteiger partial charge on any atom is 0.276 e. The van der Waals surface area contributed by atoms with Crippen LogP contribution >= 0.6 is 0 Å². The molecule has 0 bridgehead atoms. The van der Waals surface area contributed by atoms with Gasteiger partial charge in [-0.05, 0) is 18.6 Å². The van der Waals surface area contributed by atoms with Crippen LogP contribution in [0.4, 0.5) is 10.1 Å². The molecule has 0 saturated carbocycles. The fourth-order valence-electron chi connectivity index (χ4n) is 2.01. The number of ether oxygens (including phenoxy) is 1. The molecule has 2 aromatic carbocycles. The van der Waals surface area contributed by atoms with Crippen LogP contribution in [0, 0.1) is 15.9 Å². The van der Waals surface area contributed by atoms with Crippen molar-refractivity contribution in [2.24, 2.45) is 0 Å². The van der Waals surface area contributed by atoms with E-state index in [1.807, 2.05) is 30.3 Å². The first-order valence-electron chi connectivity index (χ1n) is 6.60. The molecule has 0 aliphatic rings. The number of carbonyl (C=O) groups is 1. The van der Waals surface area contributed by atoms with Gasteiger partial charge in [-0.25, -0.2) is 4.39 Å². The molecule has 0 heterocycles. The summed E-state index contributed by atoms with van der Waals surface area (Å²) in [4.78, 5) is 21.4. The van der Waals surface area contributed by atoms with Crippen molar-refractivity contribution < 1.29 is 18.8 Å². The molecule has 2 rings (SSSR count). The van der Waals surface area contributed by atoms with E-state index in [-0.39, 0.29) is 30.1 Å². The molecule has 0 saturated heterocycles. The number of nitro benzene ring substituents is 1. The van der Waals surface area contributed by atoms with Crippen LogP contribution in [0.15, 0.2) is 42.5 Å². The molecule has 0 spiro atoms. The van der Waals surface area contributed by atoms with E-state index in [4.69, 9.17) is 4.74 Å². The van der Waals surface area contributed by atoms with E-state index >= 15 is 0 Å². The molecule has 0 aromatic heterocycles. The van der Waals surface area contributed by atoms with Gasteiger partial charge in [-0.15, -0.1) is 0 Å². The summed E-state index contributed by atoms with van der Waals surface area (Å²) in [5, 5.41) is 10.9. The quantitative estimate of drug-likeness (QED) is 0.605. The van der Waals surface area contributed by atoms with Crippen molar-refractivity contribution in [2.45, 2.75) is 20.0 Å². The number of ketones is 1. The first-order valence-corrected chi connectivity index (χ1v) is 6.60. The highest BCUT2D eigenvalue weighted by Crippen LogP contribution is 2.28. The second kappa shape index (κ2) is 6.80. The summed E-state index contributed by atoms with van der Waals surface area (Å²) in [6.07, 6.45) is -0.141. The van der Waals surface area contributed by atoms with E-state index in [2.05, 4.69) is 0 Å². The first kappa shape index (κ1) is 15.6. The fourth-order valence-corrected chi connectivity index (χ4v) is 2.01. The number of nitrogens with zero attached hydrogens (tertiary/aromatic N) is 1. The Balaban J connectivity index is 2.27. The number of halogens is 1. The topological polar surface area (TPSA) is 69.4 Å². The van der Waals surface area contributed by atoms with Crippen molar-refractivity contribution in [3.8, 4) is 5.75 Å². The Morgan fingerprint density at radius 3 is 2.55 bits per heavy atom. The zero-order chi connectivity index (χ0) is 16.1. The number of hydrogen-bond donors (Lipinski definition) is 0. The Morgan fingerprint density at radius 1 is 1.27 bits per heavy atom. The van der Waals surface area contributed by atoms with Crippen molar-refractivity contribution in [3.63, 3.8) is 0 Å². The molecule has 0 atom stereocenters. The minimum Gasteiger partial charge on any atom is -0.486 e. The van der Waals surface area contributed by atoms with E-state index in [1.165, 1.54) is 13.0 Å². The lowest BCUT2D eigenvalue weighted by atomic mass is 10.1. The third kappa shape index (κ3) is 3.88. The smallest absolute Gasteiger partial charge is 0.276 e. The molecule has 0 aliphatic heterocycles. The summed E-state index contributed by atoms with van der Waals surface area (Å²) in [7, 11) is 0. The summed E-state index contributed by atoms with van der Waals surface area (Å²) < 4.78 is 19.3. The minimum absolute atomic E-state index is 0.106. The minimum atomic E-state index is -0.824. The molecule has 0 radical (unpaired) electrons. The van der Waals surface area contributed by atoms with Crippen LogP contribution in [-0.4, -0.2) is 10.7 Å². The fraction of sp³-hybridized carbons (Fsp3) is 0.188. The summed E-state index contributed by atoms with van der Waals surface area (Å²) in [5.41, 5.74) is 0.565. The van der Waals surface area contributed by atoms with Crippen LogP contribution in [0.5, 0.6) is 5.75 Å². The normalized spacial score (nSPS) is 10.3. The average Bonchev–Trinajstić information content (AvgIpc) is 2.47. The maximum absolute atomic E-state index is 13.9. The largest absolute Gasteiger partial charge is 0.486 e. The highest BCUT2D eigenvalue weighted by Gasteiger charge is 2.20. The lowest BCUT2D eigenvalue weighted by Gasteiger charge is -2.09. The highest BCUT2D eigenvalue weighted by molar-refractivity contribution is 5.79. The molecule has 0 N–H and O–H groups in total. The van der Waals surface area contributed by atoms with Crippen LogP contribution in [0.2, 0.25) is 0 Å². The van der Waals surface area contributed by atoms with Crippen molar-refractivity contribution >= 4 is 11.5 Å². The van der Waals surface area contributed by atoms with Gasteiger partial charge in [-0.1, -0.05) is 30.3 Å². The third-order valence-electron chi connectivity index (χ3n) is 3.01. The van der Waals surface area contributed by atoms with Gasteiger partial charge in [-0.2, -0.15) is 0 Å². The summed E-state index contributed by atoms with van der Waals surface area (Å²) in [5.74, 6) is -1.18. The second-order valence-electron chi connectivity index (χ2n) is 4.82. The van der Waals surface area contributed by atoms with Crippen molar-refractivity contribution in [1.29, 1.82) is 0 Å². The average molecular weight is 303 g/mol. The van der Waals surface area contributed by atoms with Gasteiger partial charge in [0.2, 0.25) is 0 Å². The molecule has 114 valence electrons. The Morgan fingerprint density at radius 2 is 1.95 bits per heavy atom. The van der Waals surface area contributed by atoms with Crippen LogP contribution in [-0.2, 0) is 17.8 Å². The summed E-state index contributed by atoms with van der Waals surface area (Å²) in [6, 6.07) is 11.1. The van der Waals surface area contributed by atoms with Crippen LogP contribution in [0.3, 0.4) is 0 Å². The van der Waals surface area contributed by atoms with E-state index in [0.717, 1.165) is 11.6 Å². The number of nitro groups is 1. The van der Waals surface area contributed by atoms with Gasteiger partial charge in [0, 0.05) is 12.0 Å². The highest BCUT2D eigenvalue weighted by atomic mass is 19.1. The van der Waals surface area contributed by atoms with Gasteiger partial charge >= 0.3 is 0 Å². The molecule has 22 heavy (non-hydrogen) atoms. The number of hydrogen-bond acceptors (Lipinski definition) is 4. The number of carbonyl (C=O) groups excluding carboxylic acids is 1. The zero-order valence-electron chi connectivity index (χ0n) is 11.9.